The Morgan fingerprint density at radius 3 is 2.50 bits per heavy atom. The second kappa shape index (κ2) is 7.80. The van der Waals surface area contributed by atoms with E-state index in [-0.39, 0.29) is 23.9 Å². The van der Waals surface area contributed by atoms with Crippen LogP contribution in [0.3, 0.4) is 0 Å². The molecular weight excluding hydrogens is 354 g/mol. The van der Waals surface area contributed by atoms with Gasteiger partial charge in [-0.25, -0.2) is 9.67 Å². The summed E-state index contributed by atoms with van der Waals surface area (Å²) in [6.07, 6.45) is 1.64. The molecular formula is C21H25N5O2. The number of rotatable bonds is 5. The zero-order valence-corrected chi connectivity index (χ0v) is 16.6. The number of carbonyl (C=O) groups is 2. The smallest absolute Gasteiger partial charge is 0.252 e. The van der Waals surface area contributed by atoms with Gasteiger partial charge < -0.3 is 10.6 Å². The van der Waals surface area contributed by atoms with Gasteiger partial charge in [-0.05, 0) is 33.8 Å². The van der Waals surface area contributed by atoms with E-state index in [2.05, 4.69) is 15.7 Å². The lowest BCUT2D eigenvalue weighted by molar-refractivity contribution is -0.121. The fraction of sp³-hybridized carbons (Fsp3) is 0.333. The van der Waals surface area contributed by atoms with Gasteiger partial charge in [-0.1, -0.05) is 30.3 Å². The monoisotopic (exact) mass is 379 g/mol. The maximum Gasteiger partial charge on any atom is 0.252 e. The van der Waals surface area contributed by atoms with Crippen LogP contribution in [0.5, 0.6) is 0 Å². The fourth-order valence-corrected chi connectivity index (χ4v) is 2.94. The molecule has 3 aromatic rings. The molecule has 0 spiro atoms. The standard InChI is InChI=1S/C21H25N5O2/c1-5-26-19-16(12-23-26)15(11-17(24-19)14-9-7-6-8-10-14)20(28)22-13-18(27)25-21(2,3)4/h6-12H,5,13H2,1-4H3,(H,22,28)(H,25,27). The van der Waals surface area contributed by atoms with Crippen LogP contribution in [0.1, 0.15) is 38.1 Å². The first kappa shape index (κ1) is 19.5. The highest BCUT2D eigenvalue weighted by Crippen LogP contribution is 2.24. The molecule has 3 rings (SSSR count). The van der Waals surface area contributed by atoms with Crippen molar-refractivity contribution >= 4 is 22.8 Å². The van der Waals surface area contributed by atoms with Crippen molar-refractivity contribution in [2.75, 3.05) is 6.54 Å². The minimum atomic E-state index is -0.353. The lowest BCUT2D eigenvalue weighted by Gasteiger charge is -2.20. The van der Waals surface area contributed by atoms with Crippen LogP contribution in [-0.4, -0.2) is 38.7 Å². The summed E-state index contributed by atoms with van der Waals surface area (Å²) in [5, 5.41) is 10.5. The summed E-state index contributed by atoms with van der Waals surface area (Å²) < 4.78 is 1.75. The molecule has 0 bridgehead atoms. The van der Waals surface area contributed by atoms with Crippen LogP contribution in [-0.2, 0) is 11.3 Å². The number of benzene rings is 1. The van der Waals surface area contributed by atoms with E-state index in [0.29, 0.717) is 28.8 Å². The summed E-state index contributed by atoms with van der Waals surface area (Å²) in [6, 6.07) is 11.4. The van der Waals surface area contributed by atoms with Crippen molar-refractivity contribution < 1.29 is 9.59 Å². The molecule has 0 atom stereocenters. The Morgan fingerprint density at radius 1 is 1.14 bits per heavy atom. The van der Waals surface area contributed by atoms with E-state index in [1.54, 1.807) is 16.9 Å². The van der Waals surface area contributed by atoms with Crippen molar-refractivity contribution in [2.45, 2.75) is 39.8 Å². The minimum absolute atomic E-state index is 0.0947. The number of hydrogen-bond donors (Lipinski definition) is 2. The Hall–Kier alpha value is -3.22. The zero-order valence-electron chi connectivity index (χ0n) is 16.6. The maximum atomic E-state index is 12.9. The molecule has 1 aromatic carbocycles. The van der Waals surface area contributed by atoms with Crippen LogP contribution < -0.4 is 10.6 Å². The lowest BCUT2D eigenvalue weighted by atomic mass is 10.1. The molecule has 0 unspecified atom stereocenters. The highest BCUT2D eigenvalue weighted by Gasteiger charge is 2.19. The second-order valence-electron chi connectivity index (χ2n) is 7.60. The molecule has 0 aliphatic rings. The average Bonchev–Trinajstić information content (AvgIpc) is 3.07. The predicted octanol–water partition coefficient (Wildman–Crippen LogP) is 2.76. The highest BCUT2D eigenvalue weighted by molar-refractivity contribution is 6.07. The van der Waals surface area contributed by atoms with E-state index in [0.717, 1.165) is 5.56 Å². The first-order valence-corrected chi connectivity index (χ1v) is 9.29. The van der Waals surface area contributed by atoms with Gasteiger partial charge >= 0.3 is 0 Å². The number of carbonyl (C=O) groups excluding carboxylic acids is 2. The second-order valence-corrected chi connectivity index (χ2v) is 7.60. The van der Waals surface area contributed by atoms with Crippen molar-refractivity contribution in [2.24, 2.45) is 0 Å². The van der Waals surface area contributed by atoms with Crippen LogP contribution in [0.2, 0.25) is 0 Å². The first-order chi connectivity index (χ1) is 13.3. The minimum Gasteiger partial charge on any atom is -0.350 e. The van der Waals surface area contributed by atoms with E-state index < -0.39 is 0 Å². The van der Waals surface area contributed by atoms with Crippen molar-refractivity contribution in [3.63, 3.8) is 0 Å². The van der Waals surface area contributed by atoms with Gasteiger partial charge in [0.1, 0.15) is 0 Å². The summed E-state index contributed by atoms with van der Waals surface area (Å²) in [5.41, 5.74) is 2.34. The van der Waals surface area contributed by atoms with Gasteiger partial charge in [-0.2, -0.15) is 5.10 Å². The topological polar surface area (TPSA) is 88.9 Å². The summed E-state index contributed by atoms with van der Waals surface area (Å²) in [6.45, 7) is 8.20. The lowest BCUT2D eigenvalue weighted by Crippen LogP contribution is -2.45. The van der Waals surface area contributed by atoms with E-state index >= 15 is 0 Å². The maximum absolute atomic E-state index is 12.9. The van der Waals surface area contributed by atoms with Gasteiger partial charge in [0.2, 0.25) is 5.91 Å². The number of aryl methyl sites for hydroxylation is 1. The molecule has 2 heterocycles. The quantitative estimate of drug-likeness (QED) is 0.713. The zero-order chi connectivity index (χ0) is 20.3. The SMILES string of the molecule is CCn1ncc2c(C(=O)NCC(=O)NC(C)(C)C)cc(-c3ccccc3)nc21. The van der Waals surface area contributed by atoms with Crippen LogP contribution in [0.25, 0.3) is 22.3 Å². The number of nitrogens with one attached hydrogen (secondary N) is 2. The Balaban J connectivity index is 1.94. The van der Waals surface area contributed by atoms with Gasteiger partial charge in [0, 0.05) is 17.6 Å². The third-order valence-corrected chi connectivity index (χ3v) is 4.15. The Morgan fingerprint density at radius 2 is 1.86 bits per heavy atom. The van der Waals surface area contributed by atoms with E-state index in [9.17, 15) is 9.59 Å². The normalized spacial score (nSPS) is 11.4. The van der Waals surface area contributed by atoms with Crippen molar-refractivity contribution in [3.05, 3.63) is 48.2 Å². The number of pyridine rings is 1. The van der Waals surface area contributed by atoms with Crippen LogP contribution >= 0.6 is 0 Å². The molecule has 0 radical (unpaired) electrons. The predicted molar refractivity (Wildman–Crippen MR) is 109 cm³/mol. The Kier molecular flexibility index (Phi) is 5.44. The first-order valence-electron chi connectivity index (χ1n) is 9.29. The molecule has 0 fully saturated rings. The number of hydrogen-bond acceptors (Lipinski definition) is 4. The largest absolute Gasteiger partial charge is 0.350 e. The third-order valence-electron chi connectivity index (χ3n) is 4.15. The number of aromatic nitrogens is 3. The fourth-order valence-electron chi connectivity index (χ4n) is 2.94. The molecule has 0 aliphatic carbocycles. The molecule has 146 valence electrons. The molecule has 0 aliphatic heterocycles. The van der Waals surface area contributed by atoms with Crippen molar-refractivity contribution in [1.29, 1.82) is 0 Å². The Bertz CT molecular complexity index is 1000. The van der Waals surface area contributed by atoms with Crippen molar-refractivity contribution in [1.82, 2.24) is 25.4 Å². The number of amides is 2. The van der Waals surface area contributed by atoms with Gasteiger partial charge in [-0.3, -0.25) is 9.59 Å². The number of fused-ring (bicyclic) bond motifs is 1. The van der Waals surface area contributed by atoms with Crippen LogP contribution in [0, 0.1) is 0 Å². The van der Waals surface area contributed by atoms with Crippen LogP contribution in [0.15, 0.2) is 42.6 Å². The van der Waals surface area contributed by atoms with E-state index in [1.165, 1.54) is 0 Å². The molecule has 7 nitrogen and oxygen atoms in total. The Labute approximate surface area is 164 Å². The third kappa shape index (κ3) is 4.36. The van der Waals surface area contributed by atoms with Gasteiger partial charge in [0.05, 0.1) is 29.4 Å². The summed E-state index contributed by atoms with van der Waals surface area (Å²) in [5.74, 6) is -0.567. The highest BCUT2D eigenvalue weighted by atomic mass is 16.2. The van der Waals surface area contributed by atoms with Gasteiger partial charge in [0.15, 0.2) is 5.65 Å². The molecule has 2 aromatic heterocycles. The molecule has 2 amide bonds. The molecule has 2 N–H and O–H groups in total. The van der Waals surface area contributed by atoms with E-state index in [1.807, 2.05) is 58.0 Å². The molecule has 0 saturated carbocycles. The summed E-state index contributed by atoms with van der Waals surface area (Å²) in [7, 11) is 0. The van der Waals surface area contributed by atoms with Crippen LogP contribution in [0.4, 0.5) is 0 Å². The van der Waals surface area contributed by atoms with Gasteiger partial charge in [0.25, 0.3) is 5.91 Å². The van der Waals surface area contributed by atoms with Crippen molar-refractivity contribution in [3.8, 4) is 11.3 Å². The molecule has 28 heavy (non-hydrogen) atoms. The summed E-state index contributed by atoms with van der Waals surface area (Å²) in [4.78, 5) is 29.6. The number of nitrogens with zero attached hydrogens (tertiary/aromatic N) is 3. The summed E-state index contributed by atoms with van der Waals surface area (Å²) >= 11 is 0. The molecule has 7 heteroatoms. The van der Waals surface area contributed by atoms with Gasteiger partial charge in [-0.15, -0.1) is 0 Å². The average molecular weight is 379 g/mol. The van der Waals surface area contributed by atoms with E-state index in [4.69, 9.17) is 4.98 Å². The molecule has 0 saturated heterocycles.